The summed E-state index contributed by atoms with van der Waals surface area (Å²) in [5, 5.41) is 12.8. The first-order valence-corrected chi connectivity index (χ1v) is 12.7. The fraction of sp³-hybridized carbons (Fsp3) is 0.143. The molecule has 4 rings (SSSR count). The van der Waals surface area contributed by atoms with Crippen molar-refractivity contribution in [1.82, 2.24) is 9.69 Å². The number of benzene rings is 3. The van der Waals surface area contributed by atoms with Crippen LogP contribution in [0.25, 0.3) is 0 Å². The Morgan fingerprint density at radius 3 is 2.33 bits per heavy atom. The number of hydrogen-bond donors (Lipinski definition) is 4. The van der Waals surface area contributed by atoms with Gasteiger partial charge in [-0.25, -0.2) is 0 Å². The Kier molecular flexibility index (Phi) is 8.50. The molecule has 40 heavy (non-hydrogen) atoms. The summed E-state index contributed by atoms with van der Waals surface area (Å²) in [6.45, 7) is 0.185. The quantitative estimate of drug-likeness (QED) is 0.229. The van der Waals surface area contributed by atoms with Crippen molar-refractivity contribution < 1.29 is 29.0 Å². The van der Waals surface area contributed by atoms with E-state index in [2.05, 4.69) is 9.69 Å². The van der Waals surface area contributed by atoms with Gasteiger partial charge >= 0.3 is 0 Å². The number of aromatic nitrogens is 1. The van der Waals surface area contributed by atoms with E-state index in [-0.39, 0.29) is 40.0 Å². The summed E-state index contributed by atoms with van der Waals surface area (Å²) >= 11 is 0.689. The predicted octanol–water partition coefficient (Wildman–Crippen LogP) is 3.25. The van der Waals surface area contributed by atoms with Crippen molar-refractivity contribution in [3.63, 3.8) is 0 Å². The molecular weight excluding hydrogens is 534 g/mol. The minimum atomic E-state index is -1.27. The minimum absolute atomic E-state index is 0.0232. The highest BCUT2D eigenvalue weighted by Crippen LogP contribution is 2.40. The number of anilines is 2. The normalized spacial score (nSPS) is 11.3. The number of carbonyl (C=O) groups excluding carboxylic acids is 3. The minimum Gasteiger partial charge on any atom is -0.508 e. The smallest absolute Gasteiger partial charge is 0.273 e. The lowest BCUT2D eigenvalue weighted by Gasteiger charge is -2.32. The van der Waals surface area contributed by atoms with Crippen molar-refractivity contribution >= 4 is 40.6 Å². The molecule has 0 spiro atoms. The summed E-state index contributed by atoms with van der Waals surface area (Å²) in [6, 6.07) is 18.6. The van der Waals surface area contributed by atoms with Crippen molar-refractivity contribution in [3.05, 3.63) is 94.5 Å². The highest BCUT2D eigenvalue weighted by molar-refractivity contribution is 7.09. The van der Waals surface area contributed by atoms with Gasteiger partial charge in [-0.1, -0.05) is 42.5 Å². The van der Waals surface area contributed by atoms with Crippen molar-refractivity contribution in [2.45, 2.75) is 12.6 Å². The number of phenols is 1. The Morgan fingerprint density at radius 2 is 1.73 bits per heavy atom. The zero-order chi connectivity index (χ0) is 28.8. The Labute approximate surface area is 234 Å². The van der Waals surface area contributed by atoms with Gasteiger partial charge in [-0.15, -0.1) is 0 Å². The second-order valence-electron chi connectivity index (χ2n) is 8.55. The summed E-state index contributed by atoms with van der Waals surface area (Å²) < 4.78 is 14.8. The molecule has 0 saturated carbocycles. The molecule has 11 nitrogen and oxygen atoms in total. The monoisotopic (exact) mass is 561 g/mol. The second kappa shape index (κ2) is 12.2. The van der Waals surface area contributed by atoms with E-state index in [1.165, 1.54) is 43.4 Å². The number of aromatic hydroxyl groups is 1. The first-order chi connectivity index (χ1) is 19.2. The molecule has 1 heterocycles. The summed E-state index contributed by atoms with van der Waals surface area (Å²) in [7, 11) is 2.90. The number of nitrogens with two attached hydrogens (primary N) is 2. The van der Waals surface area contributed by atoms with Crippen LogP contribution in [-0.2, 0) is 11.3 Å². The van der Waals surface area contributed by atoms with E-state index in [4.69, 9.17) is 20.9 Å². The molecule has 12 heteroatoms. The molecule has 1 atom stereocenters. The fourth-order valence-corrected chi connectivity index (χ4v) is 4.79. The van der Waals surface area contributed by atoms with E-state index in [0.29, 0.717) is 22.8 Å². The van der Waals surface area contributed by atoms with E-state index in [0.717, 1.165) is 5.56 Å². The lowest BCUT2D eigenvalue weighted by Crippen LogP contribution is -2.44. The Morgan fingerprint density at radius 1 is 1.02 bits per heavy atom. The summed E-state index contributed by atoms with van der Waals surface area (Å²) in [6.07, 6.45) is 0. The lowest BCUT2D eigenvalue weighted by molar-refractivity contribution is -0.122. The number of amides is 3. The number of rotatable bonds is 10. The third-order valence-electron chi connectivity index (χ3n) is 6.05. The van der Waals surface area contributed by atoms with Crippen LogP contribution < -0.4 is 31.2 Å². The van der Waals surface area contributed by atoms with Crippen LogP contribution in [0.2, 0.25) is 0 Å². The molecule has 1 unspecified atom stereocenters. The molecule has 0 aliphatic carbocycles. The Bertz CT molecular complexity index is 1520. The van der Waals surface area contributed by atoms with Gasteiger partial charge in [0.25, 0.3) is 11.8 Å². The van der Waals surface area contributed by atoms with Crippen LogP contribution in [0.15, 0.2) is 72.8 Å². The number of primary amides is 1. The van der Waals surface area contributed by atoms with Gasteiger partial charge in [0.2, 0.25) is 5.91 Å². The number of nitrogen functional groups attached to an aromatic ring is 1. The highest BCUT2D eigenvalue weighted by atomic mass is 32.1. The van der Waals surface area contributed by atoms with Crippen LogP contribution in [0.3, 0.4) is 0 Å². The Hall–Kier alpha value is -5.10. The molecule has 4 aromatic rings. The first-order valence-electron chi connectivity index (χ1n) is 12.0. The summed E-state index contributed by atoms with van der Waals surface area (Å²) in [4.78, 5) is 41.1. The van der Waals surface area contributed by atoms with Crippen LogP contribution in [0.1, 0.15) is 37.3 Å². The van der Waals surface area contributed by atoms with Crippen LogP contribution in [-0.4, -0.2) is 41.4 Å². The molecule has 0 saturated heterocycles. The molecule has 0 fully saturated rings. The van der Waals surface area contributed by atoms with E-state index in [9.17, 15) is 19.5 Å². The molecule has 0 bridgehead atoms. The summed E-state index contributed by atoms with van der Waals surface area (Å²) in [5.41, 5.74) is 12.5. The number of methoxy groups -OCH3 is 2. The first kappa shape index (κ1) is 27.9. The number of phenolic OH excluding ortho intramolecular Hbond substituents is 1. The number of nitrogens with one attached hydrogen (secondary N) is 1. The van der Waals surface area contributed by atoms with E-state index >= 15 is 0 Å². The molecule has 6 N–H and O–H groups in total. The second-order valence-corrected chi connectivity index (χ2v) is 9.32. The Balaban J connectivity index is 1.89. The van der Waals surface area contributed by atoms with Gasteiger partial charge in [0.05, 0.1) is 25.6 Å². The molecule has 0 aliphatic heterocycles. The molecule has 0 radical (unpaired) electrons. The maximum atomic E-state index is 14.2. The molecule has 1 aromatic heterocycles. The number of nitrogens with zero attached hydrogens (tertiary/aromatic N) is 2. The van der Waals surface area contributed by atoms with Gasteiger partial charge in [-0.3, -0.25) is 19.3 Å². The van der Waals surface area contributed by atoms with Gasteiger partial charge in [0, 0.05) is 12.6 Å². The molecule has 0 aliphatic rings. The molecule has 3 aromatic carbocycles. The van der Waals surface area contributed by atoms with E-state index in [1.54, 1.807) is 18.2 Å². The lowest BCUT2D eigenvalue weighted by atomic mass is 10.0. The molecule has 3 amide bonds. The van der Waals surface area contributed by atoms with Crippen LogP contribution in [0.5, 0.6) is 17.2 Å². The highest BCUT2D eigenvalue weighted by Gasteiger charge is 2.37. The fourth-order valence-electron chi connectivity index (χ4n) is 4.04. The average Bonchev–Trinajstić information content (AvgIpc) is 3.36. The number of carbonyl (C=O) groups is 3. The van der Waals surface area contributed by atoms with Crippen LogP contribution in [0, 0.1) is 0 Å². The predicted molar refractivity (Wildman–Crippen MR) is 151 cm³/mol. The van der Waals surface area contributed by atoms with Gasteiger partial charge in [0.15, 0.2) is 5.69 Å². The third-order valence-corrected chi connectivity index (χ3v) is 6.90. The standard InChI is InChI=1S/C28H27N5O6S/c1-38-19-12-13-20(21(14-19)39-2)33(28(37)25-22(29)23(26(30)35)32-40-25)24(17-8-10-18(34)11-9-17)27(36)31-15-16-6-4-3-5-7-16/h3-14,24,34H,15,29H2,1-2H3,(H2,30,35)(H,31,36). The maximum absolute atomic E-state index is 14.2. The van der Waals surface area contributed by atoms with Gasteiger partial charge in [-0.2, -0.15) is 4.37 Å². The van der Waals surface area contributed by atoms with Crippen molar-refractivity contribution in [3.8, 4) is 17.2 Å². The van der Waals surface area contributed by atoms with E-state index in [1.807, 2.05) is 30.3 Å². The molecular formula is C28H27N5O6S. The van der Waals surface area contributed by atoms with Gasteiger partial charge in [-0.05, 0) is 46.9 Å². The number of ether oxygens (including phenoxy) is 2. The average molecular weight is 562 g/mol. The SMILES string of the molecule is COc1ccc(N(C(=O)c2snc(C(N)=O)c2N)C(C(=O)NCc2ccccc2)c2ccc(O)cc2)c(OC)c1. The van der Waals surface area contributed by atoms with Crippen molar-refractivity contribution in [2.75, 3.05) is 24.9 Å². The van der Waals surface area contributed by atoms with Crippen molar-refractivity contribution in [1.29, 1.82) is 0 Å². The maximum Gasteiger partial charge on any atom is 0.273 e. The summed E-state index contributed by atoms with van der Waals surface area (Å²) in [5.74, 6) is -1.48. The zero-order valence-corrected chi connectivity index (χ0v) is 22.5. The largest absolute Gasteiger partial charge is 0.508 e. The number of hydrogen-bond acceptors (Lipinski definition) is 9. The van der Waals surface area contributed by atoms with Crippen molar-refractivity contribution in [2.24, 2.45) is 5.73 Å². The third kappa shape index (κ3) is 5.81. The van der Waals surface area contributed by atoms with E-state index < -0.39 is 23.8 Å². The zero-order valence-electron chi connectivity index (χ0n) is 21.7. The van der Waals surface area contributed by atoms with Gasteiger partial charge in [0.1, 0.15) is 28.2 Å². The topological polar surface area (TPSA) is 170 Å². The van der Waals surface area contributed by atoms with Crippen LogP contribution in [0.4, 0.5) is 11.4 Å². The molecule has 206 valence electrons. The van der Waals surface area contributed by atoms with Crippen LogP contribution >= 0.6 is 11.5 Å². The van der Waals surface area contributed by atoms with Gasteiger partial charge < -0.3 is 31.4 Å².